The van der Waals surface area contributed by atoms with Gasteiger partial charge >= 0.3 is 11.7 Å². The first-order valence-corrected chi connectivity index (χ1v) is 10.4. The highest BCUT2D eigenvalue weighted by Gasteiger charge is 2.27. The maximum Gasteiger partial charge on any atom is 0.335 e. The Balaban J connectivity index is 1.66. The monoisotopic (exact) mass is 434 g/mol. The molecule has 32 heavy (non-hydrogen) atoms. The molecular formula is C22H22N6O4. The van der Waals surface area contributed by atoms with Crippen LogP contribution in [0.1, 0.15) is 28.8 Å². The summed E-state index contributed by atoms with van der Waals surface area (Å²) in [5.74, 6) is 2.68. The van der Waals surface area contributed by atoms with E-state index < -0.39 is 17.2 Å². The van der Waals surface area contributed by atoms with E-state index in [0.29, 0.717) is 22.7 Å². The van der Waals surface area contributed by atoms with Gasteiger partial charge < -0.3 is 15.3 Å². The van der Waals surface area contributed by atoms with E-state index in [4.69, 9.17) is 10.1 Å². The SMILES string of the molecule is Cn1c(=O)n(Cc2ccc(C(=O)O)cc2)c(=O)c2c1nc1n2CC#CNC2CCCN1C2. The Morgan fingerprint density at radius 3 is 2.81 bits per heavy atom. The van der Waals surface area contributed by atoms with Crippen molar-refractivity contribution in [2.45, 2.75) is 32.0 Å². The fourth-order valence-electron chi connectivity index (χ4n) is 4.37. The summed E-state index contributed by atoms with van der Waals surface area (Å²) < 4.78 is 4.34. The number of fused-ring (bicyclic) bond motifs is 6. The molecule has 2 N–H and O–H groups in total. The summed E-state index contributed by atoms with van der Waals surface area (Å²) in [5, 5.41) is 12.3. The van der Waals surface area contributed by atoms with Crippen LogP contribution in [0.4, 0.5) is 5.95 Å². The van der Waals surface area contributed by atoms with Crippen molar-refractivity contribution in [2.75, 3.05) is 18.0 Å². The Hall–Kier alpha value is -4.00. The summed E-state index contributed by atoms with van der Waals surface area (Å²) >= 11 is 0. The van der Waals surface area contributed by atoms with E-state index in [-0.39, 0.29) is 24.7 Å². The fraction of sp³-hybridized carbons (Fsp3) is 0.364. The second kappa shape index (κ2) is 7.60. The maximum atomic E-state index is 13.5. The zero-order valence-corrected chi connectivity index (χ0v) is 17.5. The molecule has 5 rings (SSSR count). The van der Waals surface area contributed by atoms with E-state index in [2.05, 4.69) is 22.2 Å². The van der Waals surface area contributed by atoms with Gasteiger partial charge in [0.25, 0.3) is 5.56 Å². The number of nitrogens with one attached hydrogen (secondary N) is 1. The minimum absolute atomic E-state index is 0.0287. The van der Waals surface area contributed by atoms with Gasteiger partial charge in [-0.25, -0.2) is 9.59 Å². The number of carbonyl (C=O) groups is 1. The molecule has 0 aliphatic carbocycles. The summed E-state index contributed by atoms with van der Waals surface area (Å²) in [7, 11) is 1.60. The van der Waals surface area contributed by atoms with E-state index in [1.165, 1.54) is 16.7 Å². The number of aromatic nitrogens is 4. The normalized spacial score (nSPS) is 17.4. The first-order valence-electron chi connectivity index (χ1n) is 10.4. The average Bonchev–Trinajstić information content (AvgIpc) is 3.19. The number of aromatic carboxylic acids is 1. The lowest BCUT2D eigenvalue weighted by Gasteiger charge is -2.32. The van der Waals surface area contributed by atoms with E-state index in [9.17, 15) is 14.4 Å². The summed E-state index contributed by atoms with van der Waals surface area (Å²) in [6, 6.07) is 9.35. The zero-order chi connectivity index (χ0) is 22.4. The fourth-order valence-corrected chi connectivity index (χ4v) is 4.37. The lowest BCUT2D eigenvalue weighted by molar-refractivity contribution is 0.0697. The number of piperidine rings is 1. The Bertz CT molecular complexity index is 1400. The Morgan fingerprint density at radius 1 is 1.28 bits per heavy atom. The van der Waals surface area contributed by atoms with Crippen LogP contribution in [0.25, 0.3) is 11.2 Å². The lowest BCUT2D eigenvalue weighted by Crippen LogP contribution is -2.45. The number of carboxylic acids is 1. The standard InChI is InChI=1S/C22H22N6O4/c1-25-18-17(27-11-3-9-23-16-4-2-10-26(13-16)21(27)24-18)19(29)28(22(25)32)12-14-5-7-15(8-6-14)20(30)31/h5-8,16,23H,2,4,10-13H2,1H3,(H,30,31). The summed E-state index contributed by atoms with van der Waals surface area (Å²) in [5.41, 5.74) is 0.557. The molecule has 1 aromatic carbocycles. The maximum absolute atomic E-state index is 13.5. The molecule has 2 aliphatic rings. The summed E-state index contributed by atoms with van der Waals surface area (Å²) in [6.07, 6.45) is 2.01. The Kier molecular flexibility index (Phi) is 4.74. The Labute approximate surface area is 182 Å². The molecule has 10 nitrogen and oxygen atoms in total. The molecule has 2 aromatic heterocycles. The molecular weight excluding hydrogens is 412 g/mol. The molecule has 0 saturated carbocycles. The second-order valence-corrected chi connectivity index (χ2v) is 8.14. The third-order valence-corrected chi connectivity index (χ3v) is 6.06. The predicted molar refractivity (Wildman–Crippen MR) is 118 cm³/mol. The van der Waals surface area contributed by atoms with E-state index in [1.54, 1.807) is 23.7 Å². The van der Waals surface area contributed by atoms with E-state index in [1.807, 2.05) is 0 Å². The third kappa shape index (κ3) is 3.22. The average molecular weight is 434 g/mol. The van der Waals surface area contributed by atoms with Crippen LogP contribution >= 0.6 is 0 Å². The highest BCUT2D eigenvalue weighted by atomic mass is 16.4. The van der Waals surface area contributed by atoms with Crippen LogP contribution in [0.15, 0.2) is 33.9 Å². The van der Waals surface area contributed by atoms with Crippen LogP contribution in [0.3, 0.4) is 0 Å². The van der Waals surface area contributed by atoms with Crippen LogP contribution < -0.4 is 21.5 Å². The molecule has 164 valence electrons. The molecule has 0 radical (unpaired) electrons. The van der Waals surface area contributed by atoms with Gasteiger partial charge in [-0.15, -0.1) is 0 Å². The van der Waals surface area contributed by atoms with Gasteiger partial charge in [-0.2, -0.15) is 4.98 Å². The minimum Gasteiger partial charge on any atom is -0.478 e. The topological polar surface area (TPSA) is 114 Å². The number of rotatable bonds is 3. The van der Waals surface area contributed by atoms with Crippen molar-refractivity contribution in [3.05, 3.63) is 56.2 Å². The number of hydrogen-bond donors (Lipinski definition) is 2. The molecule has 0 spiro atoms. The molecule has 3 aromatic rings. The molecule has 2 bridgehead atoms. The van der Waals surface area contributed by atoms with Gasteiger partial charge in [-0.1, -0.05) is 18.1 Å². The number of benzene rings is 1. The van der Waals surface area contributed by atoms with Gasteiger partial charge in [0, 0.05) is 26.2 Å². The molecule has 10 heteroatoms. The van der Waals surface area contributed by atoms with Crippen molar-refractivity contribution in [3.63, 3.8) is 0 Å². The minimum atomic E-state index is -1.03. The van der Waals surface area contributed by atoms with Crippen molar-refractivity contribution in [1.29, 1.82) is 0 Å². The number of carboxylic acid groups (broad SMARTS) is 1. The van der Waals surface area contributed by atoms with Crippen molar-refractivity contribution in [1.82, 2.24) is 24.0 Å². The molecule has 2 aliphatic heterocycles. The molecule has 4 heterocycles. The van der Waals surface area contributed by atoms with Gasteiger partial charge in [0.2, 0.25) is 5.95 Å². The largest absolute Gasteiger partial charge is 0.478 e. The van der Waals surface area contributed by atoms with E-state index in [0.717, 1.165) is 30.5 Å². The second-order valence-electron chi connectivity index (χ2n) is 8.14. The van der Waals surface area contributed by atoms with Crippen LogP contribution in [0, 0.1) is 12.0 Å². The highest BCUT2D eigenvalue weighted by molar-refractivity contribution is 5.87. The summed E-state index contributed by atoms with van der Waals surface area (Å²) in [6.45, 7) is 1.86. The van der Waals surface area contributed by atoms with Crippen molar-refractivity contribution < 1.29 is 9.90 Å². The molecule has 1 atom stereocenters. The first kappa shape index (κ1) is 19.9. The van der Waals surface area contributed by atoms with Gasteiger partial charge in [0.05, 0.1) is 24.7 Å². The van der Waals surface area contributed by atoms with Gasteiger partial charge in [0.1, 0.15) is 0 Å². The summed E-state index contributed by atoms with van der Waals surface area (Å²) in [4.78, 5) is 44.4. The molecule has 1 saturated heterocycles. The van der Waals surface area contributed by atoms with E-state index >= 15 is 0 Å². The predicted octanol–water partition coefficient (Wildman–Crippen LogP) is 0.176. The first-order chi connectivity index (χ1) is 15.4. The van der Waals surface area contributed by atoms with Crippen LogP contribution in [0.5, 0.6) is 0 Å². The highest BCUT2D eigenvalue weighted by Crippen LogP contribution is 2.23. The number of hydrogen-bond acceptors (Lipinski definition) is 6. The number of nitrogens with zero attached hydrogens (tertiary/aromatic N) is 5. The zero-order valence-electron chi connectivity index (χ0n) is 17.5. The van der Waals surface area contributed by atoms with Crippen LogP contribution in [0.2, 0.25) is 0 Å². The van der Waals surface area contributed by atoms with Gasteiger partial charge in [0.15, 0.2) is 11.2 Å². The Morgan fingerprint density at radius 2 is 2.06 bits per heavy atom. The van der Waals surface area contributed by atoms with Gasteiger partial charge in [-0.05, 0) is 30.5 Å². The molecule has 1 fully saturated rings. The number of anilines is 1. The van der Waals surface area contributed by atoms with Crippen molar-refractivity contribution in [2.24, 2.45) is 7.05 Å². The van der Waals surface area contributed by atoms with Crippen LogP contribution in [-0.4, -0.2) is 48.9 Å². The van der Waals surface area contributed by atoms with Crippen molar-refractivity contribution in [3.8, 4) is 12.0 Å². The number of aryl methyl sites for hydroxylation is 1. The number of imidazole rings is 1. The van der Waals surface area contributed by atoms with Crippen molar-refractivity contribution >= 4 is 23.1 Å². The van der Waals surface area contributed by atoms with Crippen LogP contribution in [-0.2, 0) is 20.1 Å². The quantitative estimate of drug-likeness (QED) is 0.565. The molecule has 0 amide bonds. The lowest BCUT2D eigenvalue weighted by atomic mass is 10.1. The molecule has 1 unspecified atom stereocenters. The van der Waals surface area contributed by atoms with Gasteiger partial charge in [-0.3, -0.25) is 18.5 Å². The third-order valence-electron chi connectivity index (χ3n) is 6.06. The smallest absolute Gasteiger partial charge is 0.335 e.